The number of rotatable bonds is 3. The van der Waals surface area contributed by atoms with Crippen LogP contribution < -0.4 is 5.32 Å². The Balaban J connectivity index is 2.53. The molecule has 0 radical (unpaired) electrons. The third kappa shape index (κ3) is 2.34. The van der Waals surface area contributed by atoms with Crippen molar-refractivity contribution in [3.05, 3.63) is 28.3 Å². The van der Waals surface area contributed by atoms with Gasteiger partial charge in [-0.05, 0) is 42.8 Å². The standard InChI is InChI=1S/C12H14BrN3O/c1-4-14-12-10(13)7(2)15-11(16-12)9-5-6-17-8(9)3/h5-6H,4H2,1-3H3,(H,14,15,16). The topological polar surface area (TPSA) is 51.0 Å². The Morgan fingerprint density at radius 1 is 1.35 bits per heavy atom. The summed E-state index contributed by atoms with van der Waals surface area (Å²) in [6.07, 6.45) is 1.65. The van der Waals surface area contributed by atoms with Crippen molar-refractivity contribution in [3.63, 3.8) is 0 Å². The minimum Gasteiger partial charge on any atom is -0.469 e. The molecule has 2 rings (SSSR count). The van der Waals surface area contributed by atoms with Gasteiger partial charge in [-0.15, -0.1) is 0 Å². The normalized spacial score (nSPS) is 10.6. The molecule has 1 N–H and O–H groups in total. The van der Waals surface area contributed by atoms with Gasteiger partial charge in [0.05, 0.1) is 22.0 Å². The fraction of sp³-hybridized carbons (Fsp3) is 0.333. The molecule has 4 nitrogen and oxygen atoms in total. The zero-order valence-corrected chi connectivity index (χ0v) is 11.6. The van der Waals surface area contributed by atoms with E-state index >= 15 is 0 Å². The molecular formula is C12H14BrN3O. The number of nitrogens with one attached hydrogen (secondary N) is 1. The summed E-state index contributed by atoms with van der Waals surface area (Å²) in [7, 11) is 0. The second-order valence-electron chi connectivity index (χ2n) is 3.72. The van der Waals surface area contributed by atoms with Gasteiger partial charge in [-0.3, -0.25) is 0 Å². The molecule has 0 aromatic carbocycles. The molecule has 17 heavy (non-hydrogen) atoms. The number of anilines is 1. The smallest absolute Gasteiger partial charge is 0.165 e. The van der Waals surface area contributed by atoms with E-state index in [-0.39, 0.29) is 0 Å². The Morgan fingerprint density at radius 2 is 2.12 bits per heavy atom. The monoisotopic (exact) mass is 295 g/mol. The molecule has 2 aromatic rings. The molecule has 2 heterocycles. The van der Waals surface area contributed by atoms with Gasteiger partial charge in [0.1, 0.15) is 11.6 Å². The van der Waals surface area contributed by atoms with Crippen LogP contribution in [-0.2, 0) is 0 Å². The summed E-state index contributed by atoms with van der Waals surface area (Å²) in [6, 6.07) is 1.88. The van der Waals surface area contributed by atoms with Gasteiger partial charge < -0.3 is 9.73 Å². The number of nitrogens with zero attached hydrogens (tertiary/aromatic N) is 2. The summed E-state index contributed by atoms with van der Waals surface area (Å²) >= 11 is 3.49. The molecule has 90 valence electrons. The summed E-state index contributed by atoms with van der Waals surface area (Å²) < 4.78 is 6.18. The number of hydrogen-bond donors (Lipinski definition) is 1. The zero-order chi connectivity index (χ0) is 12.4. The number of halogens is 1. The van der Waals surface area contributed by atoms with Crippen LogP contribution in [0.2, 0.25) is 0 Å². The molecule has 0 unspecified atom stereocenters. The molecule has 0 spiro atoms. The molecule has 5 heteroatoms. The van der Waals surface area contributed by atoms with Crippen molar-refractivity contribution in [3.8, 4) is 11.4 Å². The summed E-state index contributed by atoms with van der Waals surface area (Å²) in [5, 5.41) is 3.21. The van der Waals surface area contributed by atoms with E-state index in [9.17, 15) is 0 Å². The molecule has 0 aliphatic rings. The lowest BCUT2D eigenvalue weighted by Crippen LogP contribution is -2.04. The number of aromatic nitrogens is 2. The lowest BCUT2D eigenvalue weighted by atomic mass is 10.2. The van der Waals surface area contributed by atoms with Crippen LogP contribution in [0.4, 0.5) is 5.82 Å². The largest absolute Gasteiger partial charge is 0.469 e. The molecule has 0 atom stereocenters. The first-order valence-electron chi connectivity index (χ1n) is 5.46. The maximum Gasteiger partial charge on any atom is 0.165 e. The summed E-state index contributed by atoms with van der Waals surface area (Å²) in [5.74, 6) is 2.33. The van der Waals surface area contributed by atoms with E-state index in [1.54, 1.807) is 6.26 Å². The number of furan rings is 1. The third-order valence-electron chi connectivity index (χ3n) is 2.46. The van der Waals surface area contributed by atoms with Gasteiger partial charge in [-0.25, -0.2) is 9.97 Å². The maximum atomic E-state index is 5.28. The first-order chi connectivity index (χ1) is 8.13. The second kappa shape index (κ2) is 4.87. The van der Waals surface area contributed by atoms with Crippen LogP contribution in [0.25, 0.3) is 11.4 Å². The van der Waals surface area contributed by atoms with Gasteiger partial charge in [0.15, 0.2) is 5.82 Å². The summed E-state index contributed by atoms with van der Waals surface area (Å²) in [6.45, 7) is 6.71. The van der Waals surface area contributed by atoms with Crippen molar-refractivity contribution in [1.82, 2.24) is 9.97 Å². The molecule has 0 aliphatic heterocycles. The first kappa shape index (κ1) is 12.1. The van der Waals surface area contributed by atoms with Crippen LogP contribution in [-0.4, -0.2) is 16.5 Å². The van der Waals surface area contributed by atoms with Gasteiger partial charge in [0, 0.05) is 6.54 Å². The predicted octanol–water partition coefficient (Wildman–Crippen LogP) is 3.55. The van der Waals surface area contributed by atoms with Crippen molar-refractivity contribution in [1.29, 1.82) is 0 Å². The van der Waals surface area contributed by atoms with Gasteiger partial charge >= 0.3 is 0 Å². The van der Waals surface area contributed by atoms with Crippen molar-refractivity contribution < 1.29 is 4.42 Å². The van der Waals surface area contributed by atoms with Crippen molar-refractivity contribution in [2.24, 2.45) is 0 Å². The van der Waals surface area contributed by atoms with Crippen LogP contribution in [0.15, 0.2) is 21.2 Å². The van der Waals surface area contributed by atoms with E-state index in [0.29, 0.717) is 5.82 Å². The zero-order valence-electron chi connectivity index (χ0n) is 10.0. The van der Waals surface area contributed by atoms with Crippen molar-refractivity contribution in [2.45, 2.75) is 20.8 Å². The quantitative estimate of drug-likeness (QED) is 0.941. The Bertz CT molecular complexity index is 537. The van der Waals surface area contributed by atoms with Gasteiger partial charge in [0.2, 0.25) is 0 Å². The average molecular weight is 296 g/mol. The highest BCUT2D eigenvalue weighted by molar-refractivity contribution is 9.10. The number of aryl methyl sites for hydroxylation is 2. The number of hydrogen-bond acceptors (Lipinski definition) is 4. The Kier molecular flexibility index (Phi) is 3.47. The van der Waals surface area contributed by atoms with E-state index in [1.807, 2.05) is 26.8 Å². The lowest BCUT2D eigenvalue weighted by Gasteiger charge is -2.09. The minimum absolute atomic E-state index is 0.688. The molecule has 2 aromatic heterocycles. The van der Waals surface area contributed by atoms with E-state index in [1.165, 1.54) is 0 Å². The summed E-state index contributed by atoms with van der Waals surface area (Å²) in [4.78, 5) is 8.96. The Hall–Kier alpha value is -1.36. The van der Waals surface area contributed by atoms with Crippen molar-refractivity contribution in [2.75, 3.05) is 11.9 Å². The second-order valence-corrected chi connectivity index (χ2v) is 4.51. The lowest BCUT2D eigenvalue weighted by molar-refractivity contribution is 0.535. The average Bonchev–Trinajstić information content (AvgIpc) is 2.71. The molecule has 0 fully saturated rings. The molecule has 0 aliphatic carbocycles. The molecule has 0 amide bonds. The van der Waals surface area contributed by atoms with E-state index in [2.05, 4.69) is 31.2 Å². The van der Waals surface area contributed by atoms with Gasteiger partial charge in [-0.1, -0.05) is 0 Å². The van der Waals surface area contributed by atoms with Crippen molar-refractivity contribution >= 4 is 21.7 Å². The van der Waals surface area contributed by atoms with Crippen LogP contribution >= 0.6 is 15.9 Å². The highest BCUT2D eigenvalue weighted by atomic mass is 79.9. The Morgan fingerprint density at radius 3 is 2.71 bits per heavy atom. The van der Waals surface area contributed by atoms with Crippen LogP contribution in [0, 0.1) is 13.8 Å². The van der Waals surface area contributed by atoms with E-state index in [0.717, 1.165) is 33.9 Å². The highest BCUT2D eigenvalue weighted by Gasteiger charge is 2.13. The predicted molar refractivity (Wildman–Crippen MR) is 71.1 cm³/mol. The van der Waals surface area contributed by atoms with Crippen LogP contribution in [0.5, 0.6) is 0 Å². The van der Waals surface area contributed by atoms with E-state index < -0.39 is 0 Å². The summed E-state index contributed by atoms with van der Waals surface area (Å²) in [5.41, 5.74) is 1.84. The van der Waals surface area contributed by atoms with Crippen LogP contribution in [0.3, 0.4) is 0 Å². The molecule has 0 saturated heterocycles. The Labute approximate surface area is 109 Å². The fourth-order valence-electron chi connectivity index (χ4n) is 1.58. The highest BCUT2D eigenvalue weighted by Crippen LogP contribution is 2.28. The van der Waals surface area contributed by atoms with Gasteiger partial charge in [-0.2, -0.15) is 0 Å². The third-order valence-corrected chi connectivity index (χ3v) is 3.41. The van der Waals surface area contributed by atoms with Crippen LogP contribution in [0.1, 0.15) is 18.4 Å². The SMILES string of the molecule is CCNc1nc(-c2ccoc2C)nc(C)c1Br. The first-order valence-corrected chi connectivity index (χ1v) is 6.25. The maximum absolute atomic E-state index is 5.28. The van der Waals surface area contributed by atoms with Gasteiger partial charge in [0.25, 0.3) is 0 Å². The fourth-order valence-corrected chi connectivity index (χ4v) is 1.90. The molecule has 0 bridgehead atoms. The molecule has 0 saturated carbocycles. The minimum atomic E-state index is 0.688. The van der Waals surface area contributed by atoms with E-state index in [4.69, 9.17) is 4.42 Å². The molecular weight excluding hydrogens is 282 g/mol.